The third-order valence-corrected chi connectivity index (χ3v) is 4.71. The van der Waals surface area contributed by atoms with Gasteiger partial charge in [0.25, 0.3) is 0 Å². The molecule has 1 aliphatic heterocycles. The molecule has 1 aromatic carbocycles. The number of nitrogens with one attached hydrogen (secondary N) is 1. The zero-order chi connectivity index (χ0) is 19.1. The fourth-order valence-corrected chi connectivity index (χ4v) is 3.25. The van der Waals surface area contributed by atoms with Crippen LogP contribution in [0.2, 0.25) is 0 Å². The van der Waals surface area contributed by atoms with Crippen LogP contribution >= 0.6 is 0 Å². The zero-order valence-corrected chi connectivity index (χ0v) is 16.1. The highest BCUT2D eigenvalue weighted by molar-refractivity contribution is 5.74. The molecule has 1 N–H and O–H groups in total. The first-order valence-corrected chi connectivity index (χ1v) is 9.47. The molecule has 2 amide bonds. The highest BCUT2D eigenvalue weighted by Gasteiger charge is 2.23. The Morgan fingerprint density at radius 2 is 2.22 bits per heavy atom. The average molecular weight is 372 g/mol. The van der Waals surface area contributed by atoms with Crippen molar-refractivity contribution in [3.8, 4) is 5.75 Å². The van der Waals surface area contributed by atoms with Crippen molar-refractivity contribution in [1.29, 1.82) is 0 Å². The van der Waals surface area contributed by atoms with Crippen molar-refractivity contribution in [1.82, 2.24) is 19.8 Å². The number of urea groups is 1. The van der Waals surface area contributed by atoms with Crippen LogP contribution in [0.25, 0.3) is 0 Å². The summed E-state index contributed by atoms with van der Waals surface area (Å²) >= 11 is 0. The van der Waals surface area contributed by atoms with Crippen LogP contribution in [0.5, 0.6) is 5.75 Å². The van der Waals surface area contributed by atoms with Crippen LogP contribution in [0.4, 0.5) is 4.79 Å². The smallest absolute Gasteiger partial charge is 0.317 e. The summed E-state index contributed by atoms with van der Waals surface area (Å²) in [5.41, 5.74) is 1.15. The number of aromatic nitrogens is 2. The standard InChI is InChI=1S/C20H28N4O3/c1-3-21-20(25)24(14-18-5-4-12-27-18)15-19-22-10-11-23(19)13-16-6-8-17(26-2)9-7-16/h6-11,18H,3-5,12-15H2,1-2H3,(H,21,25)/t18-/m1/s1. The predicted octanol–water partition coefficient (Wildman–Crippen LogP) is 2.65. The molecular weight excluding hydrogens is 344 g/mol. The van der Waals surface area contributed by atoms with E-state index in [-0.39, 0.29) is 12.1 Å². The van der Waals surface area contributed by atoms with Crippen molar-refractivity contribution in [3.63, 3.8) is 0 Å². The number of hydrogen-bond acceptors (Lipinski definition) is 4. The Morgan fingerprint density at radius 3 is 2.89 bits per heavy atom. The number of nitrogens with zero attached hydrogens (tertiary/aromatic N) is 3. The van der Waals surface area contributed by atoms with E-state index in [1.807, 2.05) is 37.4 Å². The number of methoxy groups -OCH3 is 1. The van der Waals surface area contributed by atoms with Crippen LogP contribution in [0.3, 0.4) is 0 Å². The van der Waals surface area contributed by atoms with E-state index in [9.17, 15) is 4.79 Å². The van der Waals surface area contributed by atoms with Gasteiger partial charge in [0.15, 0.2) is 0 Å². The lowest BCUT2D eigenvalue weighted by molar-refractivity contribution is 0.0787. The molecule has 2 heterocycles. The molecule has 27 heavy (non-hydrogen) atoms. The van der Waals surface area contributed by atoms with E-state index < -0.39 is 0 Å². The molecule has 7 heteroatoms. The van der Waals surface area contributed by atoms with Crippen LogP contribution in [-0.2, 0) is 17.8 Å². The largest absolute Gasteiger partial charge is 0.497 e. The van der Waals surface area contributed by atoms with E-state index in [1.54, 1.807) is 18.2 Å². The van der Waals surface area contributed by atoms with Gasteiger partial charge >= 0.3 is 6.03 Å². The maximum atomic E-state index is 12.5. The van der Waals surface area contributed by atoms with Crippen LogP contribution in [0, 0.1) is 0 Å². The molecule has 0 saturated carbocycles. The Morgan fingerprint density at radius 1 is 1.41 bits per heavy atom. The molecule has 0 spiro atoms. The third kappa shape index (κ3) is 5.23. The van der Waals surface area contributed by atoms with Gasteiger partial charge in [0.2, 0.25) is 0 Å². The lowest BCUT2D eigenvalue weighted by atomic mass is 10.2. The highest BCUT2D eigenvalue weighted by Crippen LogP contribution is 2.16. The summed E-state index contributed by atoms with van der Waals surface area (Å²) in [6.07, 6.45) is 5.89. The molecule has 0 radical (unpaired) electrons. The SMILES string of the molecule is CCNC(=O)N(Cc1nccn1Cc1ccc(OC)cc1)C[C@H]1CCCO1. The maximum Gasteiger partial charge on any atom is 0.317 e. The minimum atomic E-state index is -0.0769. The summed E-state index contributed by atoms with van der Waals surface area (Å²) in [5.74, 6) is 1.69. The second kappa shape index (κ2) is 9.41. The third-order valence-electron chi connectivity index (χ3n) is 4.71. The first-order valence-electron chi connectivity index (χ1n) is 9.47. The molecule has 0 bridgehead atoms. The Bertz CT molecular complexity index is 723. The molecule has 1 aliphatic rings. The lowest BCUT2D eigenvalue weighted by Gasteiger charge is -2.25. The van der Waals surface area contributed by atoms with Crippen LogP contribution in [0.1, 0.15) is 31.2 Å². The Kier molecular flexibility index (Phi) is 6.70. The molecule has 2 aromatic rings. The van der Waals surface area contributed by atoms with E-state index in [0.29, 0.717) is 26.2 Å². The van der Waals surface area contributed by atoms with Gasteiger partial charge in [-0.25, -0.2) is 9.78 Å². The monoisotopic (exact) mass is 372 g/mol. The predicted molar refractivity (Wildman–Crippen MR) is 103 cm³/mol. The Hall–Kier alpha value is -2.54. The number of hydrogen-bond donors (Lipinski definition) is 1. The molecule has 1 aromatic heterocycles. The van der Waals surface area contributed by atoms with Crippen molar-refractivity contribution in [3.05, 3.63) is 48.0 Å². The first kappa shape index (κ1) is 19.2. The minimum Gasteiger partial charge on any atom is -0.497 e. The Labute approximate surface area is 160 Å². The summed E-state index contributed by atoms with van der Waals surface area (Å²) < 4.78 is 13.0. The molecule has 1 fully saturated rings. The number of carbonyl (C=O) groups is 1. The molecule has 0 aliphatic carbocycles. The molecule has 1 saturated heterocycles. The van der Waals surface area contributed by atoms with Gasteiger partial charge in [-0.3, -0.25) is 0 Å². The average Bonchev–Trinajstić information content (AvgIpc) is 3.34. The normalized spacial score (nSPS) is 16.3. The van der Waals surface area contributed by atoms with Crippen LogP contribution in [0.15, 0.2) is 36.7 Å². The molecule has 146 valence electrons. The summed E-state index contributed by atoms with van der Waals surface area (Å²) in [6.45, 7) is 5.03. The summed E-state index contributed by atoms with van der Waals surface area (Å²) in [4.78, 5) is 18.8. The molecule has 7 nitrogen and oxygen atoms in total. The second-order valence-electron chi connectivity index (χ2n) is 6.67. The van der Waals surface area contributed by atoms with Crippen molar-refractivity contribution in [2.24, 2.45) is 0 Å². The number of rotatable bonds is 8. The molecular formula is C20H28N4O3. The van der Waals surface area contributed by atoms with E-state index in [0.717, 1.165) is 36.6 Å². The fraction of sp³-hybridized carbons (Fsp3) is 0.500. The maximum absolute atomic E-state index is 12.5. The number of imidazole rings is 1. The number of benzene rings is 1. The van der Waals surface area contributed by atoms with E-state index in [1.165, 1.54) is 0 Å². The van der Waals surface area contributed by atoms with Crippen LogP contribution < -0.4 is 10.1 Å². The lowest BCUT2D eigenvalue weighted by Crippen LogP contribution is -2.43. The number of ether oxygens (including phenoxy) is 2. The quantitative estimate of drug-likeness (QED) is 0.773. The van der Waals surface area contributed by atoms with Crippen LogP contribution in [-0.4, -0.2) is 53.4 Å². The number of amides is 2. The van der Waals surface area contributed by atoms with Gasteiger partial charge in [-0.15, -0.1) is 0 Å². The van der Waals surface area contributed by atoms with Gasteiger partial charge in [0.1, 0.15) is 11.6 Å². The van der Waals surface area contributed by atoms with E-state index in [4.69, 9.17) is 9.47 Å². The Balaban J connectivity index is 1.69. The van der Waals surface area contributed by atoms with Gasteiger partial charge in [0, 0.05) is 38.6 Å². The molecule has 0 unspecified atom stereocenters. The topological polar surface area (TPSA) is 68.6 Å². The van der Waals surface area contributed by atoms with Gasteiger partial charge in [-0.2, -0.15) is 0 Å². The van der Waals surface area contributed by atoms with E-state index >= 15 is 0 Å². The first-order chi connectivity index (χ1) is 13.2. The van der Waals surface area contributed by atoms with Crippen molar-refractivity contribution in [2.45, 2.75) is 39.0 Å². The van der Waals surface area contributed by atoms with Gasteiger partial charge in [-0.1, -0.05) is 12.1 Å². The van der Waals surface area contributed by atoms with Gasteiger partial charge in [-0.05, 0) is 37.5 Å². The fourth-order valence-electron chi connectivity index (χ4n) is 3.25. The van der Waals surface area contributed by atoms with Gasteiger partial charge < -0.3 is 24.3 Å². The van der Waals surface area contributed by atoms with Crippen molar-refractivity contribution >= 4 is 6.03 Å². The van der Waals surface area contributed by atoms with Gasteiger partial charge in [0.05, 0.1) is 19.8 Å². The number of carbonyl (C=O) groups excluding carboxylic acids is 1. The van der Waals surface area contributed by atoms with Crippen molar-refractivity contribution < 1.29 is 14.3 Å². The molecule has 1 atom stereocenters. The second-order valence-corrected chi connectivity index (χ2v) is 6.67. The summed E-state index contributed by atoms with van der Waals surface area (Å²) in [5, 5.41) is 2.89. The molecule has 3 rings (SSSR count). The zero-order valence-electron chi connectivity index (χ0n) is 16.1. The van der Waals surface area contributed by atoms with E-state index in [2.05, 4.69) is 14.9 Å². The summed E-state index contributed by atoms with van der Waals surface area (Å²) in [7, 11) is 1.66. The highest BCUT2D eigenvalue weighted by atomic mass is 16.5. The minimum absolute atomic E-state index is 0.0769. The van der Waals surface area contributed by atoms with Crippen molar-refractivity contribution in [2.75, 3.05) is 26.8 Å². The summed E-state index contributed by atoms with van der Waals surface area (Å²) in [6, 6.07) is 7.90.